The fourth-order valence-corrected chi connectivity index (χ4v) is 2.33. The zero-order chi connectivity index (χ0) is 12.4. The van der Waals surface area contributed by atoms with Crippen molar-refractivity contribution in [1.82, 2.24) is 4.98 Å². The van der Waals surface area contributed by atoms with Crippen LogP contribution in [0, 0.1) is 0 Å². The van der Waals surface area contributed by atoms with Gasteiger partial charge in [-0.15, -0.1) is 0 Å². The van der Waals surface area contributed by atoms with E-state index in [0.29, 0.717) is 6.42 Å². The quantitative estimate of drug-likeness (QED) is 0.879. The van der Waals surface area contributed by atoms with Crippen LogP contribution in [0.15, 0.2) is 28.9 Å². The first kappa shape index (κ1) is 12.2. The molecule has 0 bridgehead atoms. The van der Waals surface area contributed by atoms with E-state index in [4.69, 9.17) is 4.74 Å². The number of hydrogen-bond donors (Lipinski definition) is 1. The number of nitrogens with one attached hydrogen (secondary N) is 1. The molecular formula is C13H14BrNO2. The first-order valence-corrected chi connectivity index (χ1v) is 6.24. The average Bonchev–Trinajstić information content (AvgIpc) is 2.71. The third-order valence-electron chi connectivity index (χ3n) is 2.91. The zero-order valence-corrected chi connectivity index (χ0v) is 11.4. The molecule has 0 unspecified atom stereocenters. The number of aromatic nitrogens is 1. The summed E-state index contributed by atoms with van der Waals surface area (Å²) in [7, 11) is 1.42. The minimum atomic E-state index is -0.179. The Hall–Kier alpha value is -1.29. The van der Waals surface area contributed by atoms with Crippen LogP contribution >= 0.6 is 15.9 Å². The average molecular weight is 296 g/mol. The van der Waals surface area contributed by atoms with Crippen molar-refractivity contribution in [2.24, 2.45) is 0 Å². The summed E-state index contributed by atoms with van der Waals surface area (Å²) in [5.41, 5.74) is 2.23. The van der Waals surface area contributed by atoms with Crippen LogP contribution in [0.3, 0.4) is 0 Å². The summed E-state index contributed by atoms with van der Waals surface area (Å²) in [5.74, 6) is -0.0349. The van der Waals surface area contributed by atoms with E-state index in [9.17, 15) is 4.79 Å². The van der Waals surface area contributed by atoms with E-state index >= 15 is 0 Å². The lowest BCUT2D eigenvalue weighted by molar-refractivity contribution is -0.140. The molecule has 0 saturated carbocycles. The minimum Gasteiger partial charge on any atom is -0.469 e. The highest BCUT2D eigenvalue weighted by molar-refractivity contribution is 9.10. The molecule has 0 fully saturated rings. The molecule has 17 heavy (non-hydrogen) atoms. The van der Waals surface area contributed by atoms with Gasteiger partial charge in [-0.25, -0.2) is 0 Å². The number of halogens is 1. The Labute approximate surface area is 108 Å². The molecule has 2 aromatic rings. The van der Waals surface area contributed by atoms with Crippen LogP contribution in [0.1, 0.15) is 24.8 Å². The van der Waals surface area contributed by atoms with Gasteiger partial charge in [-0.2, -0.15) is 0 Å². The van der Waals surface area contributed by atoms with Crippen molar-refractivity contribution < 1.29 is 9.53 Å². The zero-order valence-electron chi connectivity index (χ0n) is 9.79. The van der Waals surface area contributed by atoms with Gasteiger partial charge in [0, 0.05) is 21.6 Å². The summed E-state index contributed by atoms with van der Waals surface area (Å²) in [6.07, 6.45) is 2.36. The molecule has 1 atom stereocenters. The molecule has 0 radical (unpaired) electrons. The molecule has 90 valence electrons. The van der Waals surface area contributed by atoms with Crippen molar-refractivity contribution in [3.63, 3.8) is 0 Å². The van der Waals surface area contributed by atoms with Gasteiger partial charge in [0.05, 0.1) is 13.5 Å². The van der Waals surface area contributed by atoms with E-state index < -0.39 is 0 Å². The molecule has 0 saturated heterocycles. The fourth-order valence-electron chi connectivity index (χ4n) is 1.97. The van der Waals surface area contributed by atoms with E-state index in [1.54, 1.807) is 0 Å². The van der Waals surface area contributed by atoms with E-state index in [0.717, 1.165) is 20.9 Å². The Morgan fingerprint density at radius 1 is 1.53 bits per heavy atom. The molecule has 0 aliphatic rings. The van der Waals surface area contributed by atoms with Crippen molar-refractivity contribution in [3.05, 3.63) is 34.4 Å². The van der Waals surface area contributed by atoms with Crippen molar-refractivity contribution in [2.75, 3.05) is 7.11 Å². The SMILES string of the molecule is COC(=O)C[C@H](C)c1c[nH]c2ccc(Br)cc12. The summed E-state index contributed by atoms with van der Waals surface area (Å²) >= 11 is 3.46. The molecule has 1 aromatic heterocycles. The highest BCUT2D eigenvalue weighted by Crippen LogP contribution is 2.29. The van der Waals surface area contributed by atoms with Gasteiger partial charge in [0.1, 0.15) is 0 Å². The number of ether oxygens (including phenoxy) is 1. The lowest BCUT2D eigenvalue weighted by atomic mass is 9.97. The van der Waals surface area contributed by atoms with Gasteiger partial charge in [-0.05, 0) is 29.7 Å². The van der Waals surface area contributed by atoms with Gasteiger partial charge < -0.3 is 9.72 Å². The third-order valence-corrected chi connectivity index (χ3v) is 3.40. The maximum Gasteiger partial charge on any atom is 0.306 e. The van der Waals surface area contributed by atoms with Crippen molar-refractivity contribution in [1.29, 1.82) is 0 Å². The van der Waals surface area contributed by atoms with Crippen LogP contribution in [0.5, 0.6) is 0 Å². The summed E-state index contributed by atoms with van der Waals surface area (Å²) in [5, 5.41) is 1.15. The first-order chi connectivity index (χ1) is 8.11. The number of carbonyl (C=O) groups is 1. The van der Waals surface area contributed by atoms with E-state index in [1.165, 1.54) is 7.11 Å². The molecular weight excluding hydrogens is 282 g/mol. The number of aromatic amines is 1. The summed E-state index contributed by atoms with van der Waals surface area (Å²) in [4.78, 5) is 14.5. The normalized spacial score (nSPS) is 12.6. The Kier molecular flexibility index (Phi) is 3.52. The Morgan fingerprint density at radius 3 is 3.00 bits per heavy atom. The van der Waals surface area contributed by atoms with Gasteiger partial charge in [-0.3, -0.25) is 4.79 Å². The number of rotatable bonds is 3. The van der Waals surface area contributed by atoms with Crippen LogP contribution < -0.4 is 0 Å². The largest absolute Gasteiger partial charge is 0.469 e. The maximum absolute atomic E-state index is 11.3. The van der Waals surface area contributed by atoms with Crippen molar-refractivity contribution >= 4 is 32.8 Å². The minimum absolute atomic E-state index is 0.144. The lowest BCUT2D eigenvalue weighted by Crippen LogP contribution is -2.05. The molecule has 3 nitrogen and oxygen atoms in total. The van der Waals surface area contributed by atoms with Gasteiger partial charge in [0.25, 0.3) is 0 Å². The molecule has 4 heteroatoms. The number of esters is 1. The number of H-pyrrole nitrogens is 1. The summed E-state index contributed by atoms with van der Waals surface area (Å²) < 4.78 is 5.73. The Bertz CT molecular complexity index is 547. The molecule has 1 N–H and O–H groups in total. The van der Waals surface area contributed by atoms with Crippen LogP contribution in [0.2, 0.25) is 0 Å². The van der Waals surface area contributed by atoms with E-state index in [-0.39, 0.29) is 11.9 Å². The molecule has 0 aliphatic heterocycles. The van der Waals surface area contributed by atoms with Crippen LogP contribution in [0.4, 0.5) is 0 Å². The number of methoxy groups -OCH3 is 1. The molecule has 0 amide bonds. The van der Waals surface area contributed by atoms with Crippen LogP contribution in [0.25, 0.3) is 10.9 Å². The molecule has 1 aromatic carbocycles. The third kappa shape index (κ3) is 2.52. The number of fused-ring (bicyclic) bond motifs is 1. The Morgan fingerprint density at radius 2 is 2.29 bits per heavy atom. The maximum atomic E-state index is 11.3. The standard InChI is InChI=1S/C13H14BrNO2/c1-8(5-13(16)17-2)11-7-15-12-4-3-9(14)6-10(11)12/h3-4,6-8,15H,5H2,1-2H3/t8-/m0/s1. The van der Waals surface area contributed by atoms with Gasteiger partial charge in [0.2, 0.25) is 0 Å². The number of carbonyl (C=O) groups excluding carboxylic acids is 1. The molecule has 2 rings (SSSR count). The fraction of sp³-hybridized carbons (Fsp3) is 0.308. The van der Waals surface area contributed by atoms with Crippen LogP contribution in [-0.2, 0) is 9.53 Å². The lowest BCUT2D eigenvalue weighted by Gasteiger charge is -2.08. The van der Waals surface area contributed by atoms with E-state index in [2.05, 4.69) is 27.0 Å². The van der Waals surface area contributed by atoms with Crippen LogP contribution in [-0.4, -0.2) is 18.1 Å². The second-order valence-electron chi connectivity index (χ2n) is 4.12. The van der Waals surface area contributed by atoms with Gasteiger partial charge in [0.15, 0.2) is 0 Å². The number of hydrogen-bond acceptors (Lipinski definition) is 2. The highest BCUT2D eigenvalue weighted by Gasteiger charge is 2.15. The highest BCUT2D eigenvalue weighted by atomic mass is 79.9. The predicted octanol–water partition coefficient (Wildman–Crippen LogP) is 3.60. The second-order valence-corrected chi connectivity index (χ2v) is 5.03. The molecule has 1 heterocycles. The Balaban J connectivity index is 2.35. The molecule has 0 aliphatic carbocycles. The van der Waals surface area contributed by atoms with Gasteiger partial charge in [-0.1, -0.05) is 22.9 Å². The van der Waals surface area contributed by atoms with Crippen molar-refractivity contribution in [2.45, 2.75) is 19.3 Å². The van der Waals surface area contributed by atoms with E-state index in [1.807, 2.05) is 25.3 Å². The topological polar surface area (TPSA) is 42.1 Å². The number of benzene rings is 1. The monoisotopic (exact) mass is 295 g/mol. The van der Waals surface area contributed by atoms with Crippen molar-refractivity contribution in [3.8, 4) is 0 Å². The first-order valence-electron chi connectivity index (χ1n) is 5.45. The summed E-state index contributed by atoms with van der Waals surface area (Å²) in [6, 6.07) is 6.08. The summed E-state index contributed by atoms with van der Waals surface area (Å²) in [6.45, 7) is 2.03. The smallest absolute Gasteiger partial charge is 0.306 e. The van der Waals surface area contributed by atoms with Gasteiger partial charge >= 0.3 is 5.97 Å². The predicted molar refractivity (Wildman–Crippen MR) is 71.0 cm³/mol. The molecule has 0 spiro atoms. The second kappa shape index (κ2) is 4.92.